The molecule has 0 saturated carbocycles. The largest absolute Gasteiger partial charge is 0.310 e. The van der Waals surface area contributed by atoms with Gasteiger partial charge in [0.05, 0.1) is 5.69 Å². The van der Waals surface area contributed by atoms with Crippen molar-refractivity contribution >= 4 is 0 Å². The van der Waals surface area contributed by atoms with Crippen LogP contribution in [0.15, 0.2) is 24.8 Å². The first-order valence-corrected chi connectivity index (χ1v) is 7.32. The Morgan fingerprint density at radius 2 is 1.95 bits per heavy atom. The fourth-order valence-electron chi connectivity index (χ4n) is 2.38. The smallest absolute Gasteiger partial charge is 0.115 e. The molecule has 2 aromatic heterocycles. The van der Waals surface area contributed by atoms with Crippen molar-refractivity contribution in [1.82, 2.24) is 25.1 Å². The van der Waals surface area contributed by atoms with Crippen LogP contribution >= 0.6 is 0 Å². The molecule has 0 spiro atoms. The molecule has 5 heteroatoms. The predicted octanol–water partition coefficient (Wildman–Crippen LogP) is 2.15. The van der Waals surface area contributed by atoms with Gasteiger partial charge in [0.15, 0.2) is 0 Å². The van der Waals surface area contributed by atoms with Crippen LogP contribution in [0.5, 0.6) is 0 Å². The summed E-state index contributed by atoms with van der Waals surface area (Å²) in [7, 11) is 0. The maximum absolute atomic E-state index is 4.61. The molecule has 2 rings (SSSR count). The Bertz CT molecular complexity index is 520. The van der Waals surface area contributed by atoms with Gasteiger partial charge in [-0.2, -0.15) is 5.10 Å². The lowest BCUT2D eigenvalue weighted by Crippen LogP contribution is -2.24. The van der Waals surface area contributed by atoms with Gasteiger partial charge in [0.25, 0.3) is 0 Å². The van der Waals surface area contributed by atoms with E-state index in [1.165, 1.54) is 5.69 Å². The summed E-state index contributed by atoms with van der Waals surface area (Å²) in [4.78, 5) is 8.24. The van der Waals surface area contributed by atoms with Gasteiger partial charge in [-0.05, 0) is 26.0 Å². The van der Waals surface area contributed by atoms with Crippen LogP contribution in [0.25, 0.3) is 0 Å². The van der Waals surface area contributed by atoms with E-state index in [0.29, 0.717) is 0 Å². The molecule has 0 aliphatic rings. The summed E-state index contributed by atoms with van der Waals surface area (Å²) >= 11 is 0. The van der Waals surface area contributed by atoms with Gasteiger partial charge in [0.2, 0.25) is 0 Å². The van der Waals surface area contributed by atoms with Crippen molar-refractivity contribution in [2.45, 2.75) is 46.2 Å². The number of likely N-dealkylation sites (N-methyl/N-ethyl adjacent to an activating group) is 1. The summed E-state index contributed by atoms with van der Waals surface area (Å²) in [6, 6.07) is 2.44. The van der Waals surface area contributed by atoms with Gasteiger partial charge in [-0.3, -0.25) is 4.68 Å². The Morgan fingerprint density at radius 1 is 1.20 bits per heavy atom. The summed E-state index contributed by atoms with van der Waals surface area (Å²) < 4.78 is 2.09. The minimum Gasteiger partial charge on any atom is -0.310 e. The minimum absolute atomic E-state index is 0.230. The first kappa shape index (κ1) is 14.7. The minimum atomic E-state index is 0.230. The van der Waals surface area contributed by atoms with Crippen LogP contribution in [0.2, 0.25) is 0 Å². The van der Waals surface area contributed by atoms with Gasteiger partial charge in [-0.25, -0.2) is 9.97 Å². The second-order valence-corrected chi connectivity index (χ2v) is 4.78. The van der Waals surface area contributed by atoms with Crippen LogP contribution in [-0.4, -0.2) is 26.3 Å². The van der Waals surface area contributed by atoms with E-state index in [2.05, 4.69) is 51.9 Å². The average molecular weight is 273 g/mol. The number of rotatable bonds is 7. The molecule has 2 heterocycles. The molecule has 20 heavy (non-hydrogen) atoms. The van der Waals surface area contributed by atoms with Crippen LogP contribution in [0, 0.1) is 0 Å². The van der Waals surface area contributed by atoms with Gasteiger partial charge in [-0.1, -0.05) is 13.8 Å². The van der Waals surface area contributed by atoms with Crippen LogP contribution in [-0.2, 0) is 19.4 Å². The fourth-order valence-corrected chi connectivity index (χ4v) is 2.38. The molecule has 0 aromatic carbocycles. The van der Waals surface area contributed by atoms with Crippen molar-refractivity contribution in [2.75, 3.05) is 6.54 Å². The maximum atomic E-state index is 4.61. The molecule has 1 atom stereocenters. The van der Waals surface area contributed by atoms with E-state index in [1.54, 1.807) is 6.33 Å². The normalized spacial score (nSPS) is 12.6. The zero-order valence-electron chi connectivity index (χ0n) is 12.5. The topological polar surface area (TPSA) is 55.6 Å². The van der Waals surface area contributed by atoms with Gasteiger partial charge < -0.3 is 5.32 Å². The number of aryl methyl sites for hydroxylation is 2. The third-order valence-electron chi connectivity index (χ3n) is 3.42. The SMILES string of the molecule is CCNC(Cc1cc(CC)nn1CC)c1cncnc1. The predicted molar refractivity (Wildman–Crippen MR) is 79.4 cm³/mol. The van der Waals surface area contributed by atoms with Gasteiger partial charge in [-0.15, -0.1) is 0 Å². The molecule has 0 bridgehead atoms. The quantitative estimate of drug-likeness (QED) is 0.840. The van der Waals surface area contributed by atoms with Crippen molar-refractivity contribution in [2.24, 2.45) is 0 Å². The lowest BCUT2D eigenvalue weighted by molar-refractivity contribution is 0.513. The van der Waals surface area contributed by atoms with Gasteiger partial charge in [0, 0.05) is 42.7 Å². The van der Waals surface area contributed by atoms with Crippen LogP contribution in [0.3, 0.4) is 0 Å². The highest BCUT2D eigenvalue weighted by Gasteiger charge is 2.15. The Balaban J connectivity index is 2.22. The highest BCUT2D eigenvalue weighted by Crippen LogP contribution is 2.18. The summed E-state index contributed by atoms with van der Waals surface area (Å²) in [6.07, 6.45) is 7.21. The number of aromatic nitrogens is 4. The molecular weight excluding hydrogens is 250 g/mol. The second-order valence-electron chi connectivity index (χ2n) is 4.78. The molecule has 1 unspecified atom stereocenters. The summed E-state index contributed by atoms with van der Waals surface area (Å²) in [5.74, 6) is 0. The Hall–Kier alpha value is -1.75. The zero-order chi connectivity index (χ0) is 14.4. The summed E-state index contributed by atoms with van der Waals surface area (Å²) in [5, 5.41) is 8.12. The zero-order valence-corrected chi connectivity index (χ0v) is 12.5. The van der Waals surface area contributed by atoms with Crippen molar-refractivity contribution < 1.29 is 0 Å². The standard InChI is InChI=1S/C15H23N5/c1-4-13-7-14(20(6-3)19-13)8-15(18-5-2)12-9-16-11-17-10-12/h7,9-11,15,18H,4-6,8H2,1-3H3. The van der Waals surface area contributed by atoms with E-state index in [-0.39, 0.29) is 6.04 Å². The van der Waals surface area contributed by atoms with Crippen molar-refractivity contribution in [3.05, 3.63) is 41.7 Å². The first-order valence-electron chi connectivity index (χ1n) is 7.32. The van der Waals surface area contributed by atoms with Gasteiger partial charge in [0.1, 0.15) is 6.33 Å². The van der Waals surface area contributed by atoms with E-state index < -0.39 is 0 Å². The lowest BCUT2D eigenvalue weighted by Gasteiger charge is -2.18. The Morgan fingerprint density at radius 3 is 2.55 bits per heavy atom. The van der Waals surface area contributed by atoms with E-state index in [9.17, 15) is 0 Å². The number of nitrogens with one attached hydrogen (secondary N) is 1. The molecule has 0 saturated heterocycles. The van der Waals surface area contributed by atoms with E-state index in [0.717, 1.165) is 37.2 Å². The third kappa shape index (κ3) is 3.42. The molecule has 2 aromatic rings. The fraction of sp³-hybridized carbons (Fsp3) is 0.533. The number of hydrogen-bond acceptors (Lipinski definition) is 4. The molecule has 0 radical (unpaired) electrons. The molecule has 5 nitrogen and oxygen atoms in total. The third-order valence-corrected chi connectivity index (χ3v) is 3.42. The van der Waals surface area contributed by atoms with Crippen molar-refractivity contribution in [1.29, 1.82) is 0 Å². The monoisotopic (exact) mass is 273 g/mol. The van der Waals surface area contributed by atoms with Crippen LogP contribution in [0.1, 0.15) is 43.8 Å². The van der Waals surface area contributed by atoms with Crippen LogP contribution in [0.4, 0.5) is 0 Å². The molecule has 0 aliphatic heterocycles. The van der Waals surface area contributed by atoms with Crippen molar-refractivity contribution in [3.63, 3.8) is 0 Å². The maximum Gasteiger partial charge on any atom is 0.115 e. The summed E-state index contributed by atoms with van der Waals surface area (Å²) in [5.41, 5.74) is 3.54. The molecule has 108 valence electrons. The molecule has 0 amide bonds. The van der Waals surface area contributed by atoms with E-state index >= 15 is 0 Å². The Kier molecular flexibility index (Phi) is 5.24. The lowest BCUT2D eigenvalue weighted by atomic mass is 10.0. The van der Waals surface area contributed by atoms with Gasteiger partial charge >= 0.3 is 0 Å². The van der Waals surface area contributed by atoms with Crippen LogP contribution < -0.4 is 5.32 Å². The molecule has 1 N–H and O–H groups in total. The highest BCUT2D eigenvalue weighted by atomic mass is 15.3. The Labute approximate surface area is 120 Å². The van der Waals surface area contributed by atoms with E-state index in [1.807, 2.05) is 12.4 Å². The molecule has 0 fully saturated rings. The van der Waals surface area contributed by atoms with Crippen molar-refractivity contribution in [3.8, 4) is 0 Å². The number of hydrogen-bond donors (Lipinski definition) is 1. The summed E-state index contributed by atoms with van der Waals surface area (Å²) in [6.45, 7) is 8.20. The second kappa shape index (κ2) is 7.14. The molecular formula is C15H23N5. The average Bonchev–Trinajstić information content (AvgIpc) is 2.90. The number of nitrogens with zero attached hydrogens (tertiary/aromatic N) is 4. The molecule has 0 aliphatic carbocycles. The van der Waals surface area contributed by atoms with E-state index in [4.69, 9.17) is 0 Å². The first-order chi connectivity index (χ1) is 9.78. The highest BCUT2D eigenvalue weighted by molar-refractivity contribution is 5.17.